The molecule has 6 nitrogen and oxygen atoms in total. The molecule has 0 saturated carbocycles. The van der Waals surface area contributed by atoms with E-state index in [1.54, 1.807) is 4.90 Å². The first kappa shape index (κ1) is 15.5. The summed E-state index contributed by atoms with van der Waals surface area (Å²) in [4.78, 5) is 14.4. The van der Waals surface area contributed by atoms with Crippen LogP contribution < -0.4 is 5.14 Å². The van der Waals surface area contributed by atoms with Crippen LogP contribution in [0.1, 0.15) is 17.5 Å². The van der Waals surface area contributed by atoms with Gasteiger partial charge in [0.1, 0.15) is 0 Å². The molecule has 0 aromatic heterocycles. The summed E-state index contributed by atoms with van der Waals surface area (Å²) < 4.78 is 23.8. The summed E-state index contributed by atoms with van der Waals surface area (Å²) in [6.45, 7) is 1.42. The zero-order valence-corrected chi connectivity index (χ0v) is 13.3. The largest absolute Gasteiger partial charge is 0.340 e. The van der Waals surface area contributed by atoms with Gasteiger partial charge in [-0.15, -0.1) is 0 Å². The van der Waals surface area contributed by atoms with Crippen molar-refractivity contribution in [2.24, 2.45) is 11.1 Å². The summed E-state index contributed by atoms with van der Waals surface area (Å²) in [6.07, 6.45) is 2.58. The van der Waals surface area contributed by atoms with E-state index in [0.29, 0.717) is 13.1 Å². The number of piperazine rings is 1. The quantitative estimate of drug-likeness (QED) is 0.840. The molecule has 2 aliphatic rings. The predicted octanol–water partition coefficient (Wildman–Crippen LogP) is 0.139. The highest BCUT2D eigenvalue weighted by Crippen LogP contribution is 2.27. The SMILES string of the molecule is NS(=O)(=O)N1CCN(C(=O)C2CCc3ccccc3C2)CC1. The number of carbonyl (C=O) groups excluding carboxylic acids is 1. The van der Waals surface area contributed by atoms with Gasteiger partial charge in [-0.2, -0.15) is 12.7 Å². The molecule has 2 N–H and O–H groups in total. The Morgan fingerprint density at radius 2 is 1.73 bits per heavy atom. The molecule has 1 amide bonds. The Bertz CT molecular complexity index is 666. The third kappa shape index (κ3) is 3.16. The standard InChI is InChI=1S/C15H21N3O3S/c16-22(20,21)18-9-7-17(8-10-18)15(19)14-6-5-12-3-1-2-4-13(12)11-14/h1-4,14H,5-11H2,(H2,16,20,21). The van der Waals surface area contributed by atoms with Crippen molar-refractivity contribution in [2.45, 2.75) is 19.3 Å². The molecule has 0 bridgehead atoms. The Kier molecular flexibility index (Phi) is 4.20. The number of nitrogens with two attached hydrogens (primary N) is 1. The molecule has 1 fully saturated rings. The van der Waals surface area contributed by atoms with Crippen molar-refractivity contribution in [3.05, 3.63) is 35.4 Å². The zero-order valence-electron chi connectivity index (χ0n) is 12.4. The third-order valence-electron chi connectivity index (χ3n) is 4.61. The van der Waals surface area contributed by atoms with E-state index in [9.17, 15) is 13.2 Å². The molecule has 1 unspecified atom stereocenters. The Hall–Kier alpha value is -1.44. The van der Waals surface area contributed by atoms with Gasteiger partial charge in [-0.1, -0.05) is 24.3 Å². The Balaban J connectivity index is 1.62. The lowest BCUT2D eigenvalue weighted by molar-refractivity contribution is -0.137. The Labute approximate surface area is 131 Å². The van der Waals surface area contributed by atoms with Crippen LogP contribution in [-0.2, 0) is 27.8 Å². The van der Waals surface area contributed by atoms with Crippen LogP contribution in [0.3, 0.4) is 0 Å². The van der Waals surface area contributed by atoms with Crippen molar-refractivity contribution in [3.8, 4) is 0 Å². The van der Waals surface area contributed by atoms with Crippen molar-refractivity contribution in [2.75, 3.05) is 26.2 Å². The molecule has 22 heavy (non-hydrogen) atoms. The molecule has 1 atom stereocenters. The van der Waals surface area contributed by atoms with Gasteiger partial charge < -0.3 is 4.90 Å². The molecule has 120 valence electrons. The van der Waals surface area contributed by atoms with E-state index in [0.717, 1.165) is 19.3 Å². The number of amides is 1. The van der Waals surface area contributed by atoms with Gasteiger partial charge in [-0.25, -0.2) is 5.14 Å². The smallest absolute Gasteiger partial charge is 0.277 e. The van der Waals surface area contributed by atoms with E-state index in [2.05, 4.69) is 12.1 Å². The highest BCUT2D eigenvalue weighted by atomic mass is 32.2. The van der Waals surface area contributed by atoms with Gasteiger partial charge in [0.2, 0.25) is 5.91 Å². The van der Waals surface area contributed by atoms with Crippen molar-refractivity contribution in [3.63, 3.8) is 0 Å². The van der Waals surface area contributed by atoms with Crippen molar-refractivity contribution in [1.29, 1.82) is 0 Å². The summed E-state index contributed by atoms with van der Waals surface area (Å²) >= 11 is 0. The lowest BCUT2D eigenvalue weighted by Gasteiger charge is -2.36. The molecular formula is C15H21N3O3S. The van der Waals surface area contributed by atoms with E-state index in [-0.39, 0.29) is 24.9 Å². The second kappa shape index (κ2) is 5.98. The van der Waals surface area contributed by atoms with Gasteiger partial charge in [-0.3, -0.25) is 4.79 Å². The van der Waals surface area contributed by atoms with Crippen LogP contribution in [0.15, 0.2) is 24.3 Å². The first-order chi connectivity index (χ1) is 10.4. The average Bonchev–Trinajstić information content (AvgIpc) is 2.53. The summed E-state index contributed by atoms with van der Waals surface area (Å²) in [7, 11) is -3.64. The van der Waals surface area contributed by atoms with Gasteiger partial charge in [0.15, 0.2) is 0 Å². The van der Waals surface area contributed by atoms with E-state index >= 15 is 0 Å². The van der Waals surface area contributed by atoms with Gasteiger partial charge in [-0.05, 0) is 30.4 Å². The normalized spacial score (nSPS) is 23.1. The number of nitrogens with zero attached hydrogens (tertiary/aromatic N) is 2. The number of carbonyl (C=O) groups is 1. The highest BCUT2D eigenvalue weighted by Gasteiger charge is 2.32. The van der Waals surface area contributed by atoms with Crippen LogP contribution in [0.5, 0.6) is 0 Å². The minimum absolute atomic E-state index is 0.0101. The molecule has 0 radical (unpaired) electrons. The van der Waals surface area contributed by atoms with Crippen LogP contribution in [-0.4, -0.2) is 49.7 Å². The second-order valence-electron chi connectivity index (χ2n) is 5.98. The first-order valence-electron chi connectivity index (χ1n) is 7.58. The number of aryl methyl sites for hydroxylation is 1. The number of rotatable bonds is 2. The Morgan fingerprint density at radius 3 is 2.36 bits per heavy atom. The van der Waals surface area contributed by atoms with Crippen LogP contribution in [0.25, 0.3) is 0 Å². The van der Waals surface area contributed by atoms with Crippen LogP contribution in [0.2, 0.25) is 0 Å². The van der Waals surface area contributed by atoms with Crippen molar-refractivity contribution >= 4 is 16.1 Å². The number of fused-ring (bicyclic) bond motifs is 1. The molecule has 1 aromatic carbocycles. The summed E-state index contributed by atoms with van der Waals surface area (Å²) in [5.41, 5.74) is 2.60. The fourth-order valence-electron chi connectivity index (χ4n) is 3.33. The minimum Gasteiger partial charge on any atom is -0.340 e. The fraction of sp³-hybridized carbons (Fsp3) is 0.533. The summed E-state index contributed by atoms with van der Waals surface area (Å²) in [5, 5.41) is 5.12. The highest BCUT2D eigenvalue weighted by molar-refractivity contribution is 7.86. The van der Waals surface area contributed by atoms with E-state index in [1.165, 1.54) is 15.4 Å². The maximum absolute atomic E-state index is 12.6. The molecule has 3 rings (SSSR count). The fourth-order valence-corrected chi connectivity index (χ4v) is 4.00. The molecule has 1 aromatic rings. The summed E-state index contributed by atoms with van der Waals surface area (Å²) in [6, 6.07) is 8.26. The van der Waals surface area contributed by atoms with E-state index in [1.807, 2.05) is 12.1 Å². The third-order valence-corrected chi connectivity index (χ3v) is 5.69. The molecule has 1 aliphatic carbocycles. The lowest BCUT2D eigenvalue weighted by Crippen LogP contribution is -2.53. The van der Waals surface area contributed by atoms with Crippen molar-refractivity contribution < 1.29 is 13.2 Å². The zero-order chi connectivity index (χ0) is 15.7. The first-order valence-corrected chi connectivity index (χ1v) is 9.09. The molecule has 1 aliphatic heterocycles. The molecule has 0 spiro atoms. The summed E-state index contributed by atoms with van der Waals surface area (Å²) in [5.74, 6) is 0.152. The number of hydrogen-bond donors (Lipinski definition) is 1. The maximum Gasteiger partial charge on any atom is 0.277 e. The predicted molar refractivity (Wildman–Crippen MR) is 83.2 cm³/mol. The number of hydrogen-bond acceptors (Lipinski definition) is 3. The van der Waals surface area contributed by atoms with Crippen LogP contribution >= 0.6 is 0 Å². The van der Waals surface area contributed by atoms with Crippen LogP contribution in [0.4, 0.5) is 0 Å². The lowest BCUT2D eigenvalue weighted by atomic mass is 9.83. The monoisotopic (exact) mass is 323 g/mol. The Morgan fingerprint density at radius 1 is 1.09 bits per heavy atom. The molecule has 1 heterocycles. The molecule has 7 heteroatoms. The van der Waals surface area contributed by atoms with Crippen LogP contribution in [0, 0.1) is 5.92 Å². The number of benzene rings is 1. The molecular weight excluding hydrogens is 302 g/mol. The van der Waals surface area contributed by atoms with Gasteiger partial charge in [0.05, 0.1) is 0 Å². The topological polar surface area (TPSA) is 83.7 Å². The van der Waals surface area contributed by atoms with Gasteiger partial charge in [0.25, 0.3) is 10.2 Å². The average molecular weight is 323 g/mol. The van der Waals surface area contributed by atoms with E-state index < -0.39 is 10.2 Å². The van der Waals surface area contributed by atoms with Gasteiger partial charge in [0, 0.05) is 32.1 Å². The second-order valence-corrected chi connectivity index (χ2v) is 7.52. The van der Waals surface area contributed by atoms with E-state index in [4.69, 9.17) is 5.14 Å². The minimum atomic E-state index is -3.64. The van der Waals surface area contributed by atoms with Gasteiger partial charge >= 0.3 is 0 Å². The van der Waals surface area contributed by atoms with Crippen molar-refractivity contribution in [1.82, 2.24) is 9.21 Å². The molecule has 1 saturated heterocycles. The maximum atomic E-state index is 12.6.